The molecule has 0 aromatic carbocycles. The van der Waals surface area contributed by atoms with Crippen molar-refractivity contribution in [3.05, 3.63) is 0 Å². The van der Waals surface area contributed by atoms with Crippen LogP contribution >= 0.6 is 0 Å². The van der Waals surface area contributed by atoms with Gasteiger partial charge in [-0.15, -0.1) is 0 Å². The Kier molecular flexibility index (Phi) is 8.83. The zero-order chi connectivity index (χ0) is 22.7. The van der Waals surface area contributed by atoms with E-state index in [2.05, 4.69) is 0 Å². The highest BCUT2D eigenvalue weighted by Gasteiger charge is 2.65. The fourth-order valence-electron chi connectivity index (χ4n) is 3.28. The van der Waals surface area contributed by atoms with E-state index in [1.165, 1.54) is 13.8 Å². The van der Waals surface area contributed by atoms with Crippen molar-refractivity contribution < 1.29 is 39.0 Å². The summed E-state index contributed by atoms with van der Waals surface area (Å²) in [5, 5.41) is 0. The number of hydrogen-bond acceptors (Lipinski definition) is 9. The minimum absolute atomic E-state index is 0.556. The number of carbonyl (C=O) groups excluding carboxylic acids is 2. The van der Waals surface area contributed by atoms with E-state index in [0.717, 1.165) is 0 Å². The molecule has 0 N–H and O–H groups in total. The van der Waals surface area contributed by atoms with Crippen LogP contribution in [0, 0.1) is 0 Å². The number of rotatable bonds is 5. The largest absolute Gasteiger partial charge is 0.806 e. The number of hydrogen-bond donors (Lipinski definition) is 0. The summed E-state index contributed by atoms with van der Waals surface area (Å²) in [6.45, 7) is 17.9. The Hall–Kier alpha value is -0.176. The summed E-state index contributed by atoms with van der Waals surface area (Å²) in [5.74, 6) is -1.31. The molecule has 0 amide bonds. The van der Waals surface area contributed by atoms with E-state index in [0.29, 0.717) is 18.1 Å². The van der Waals surface area contributed by atoms with Crippen molar-refractivity contribution in [2.45, 2.75) is 85.5 Å². The maximum absolute atomic E-state index is 12.0. The lowest BCUT2D eigenvalue weighted by molar-refractivity contribution is -0.145. The molecule has 1 heterocycles. The van der Waals surface area contributed by atoms with Crippen molar-refractivity contribution in [1.82, 2.24) is 0 Å². The van der Waals surface area contributed by atoms with Crippen molar-refractivity contribution >= 4 is 55.2 Å². The van der Waals surface area contributed by atoms with E-state index in [4.69, 9.17) is 29.4 Å². The van der Waals surface area contributed by atoms with Gasteiger partial charge in [-0.05, 0) is 50.9 Å². The van der Waals surface area contributed by atoms with E-state index in [-0.39, 0.29) is 0 Å². The van der Waals surface area contributed by atoms with Crippen molar-refractivity contribution in [3.8, 4) is 0 Å². The first-order valence-electron chi connectivity index (χ1n) is 9.95. The maximum Gasteiger partial charge on any atom is 0.806 e. The highest BCUT2D eigenvalue weighted by molar-refractivity contribution is 6.92. The topological polar surface area (TPSA) is 98.8 Å². The standard InChI is InChI=1S/C15H36O9Si5/c1-11-27(10)21-25(6,7)20-26(8,9)22-29(18-14(4)16,19-15(5)17)24-28(12-2,13-3)23-27/h11-13H2,1-10H3. The molecule has 0 aromatic rings. The van der Waals surface area contributed by atoms with Crippen LogP contribution in [0.3, 0.4) is 0 Å². The second kappa shape index (κ2) is 9.53. The Balaban J connectivity index is 3.67. The van der Waals surface area contributed by atoms with Gasteiger partial charge in [-0.3, -0.25) is 9.59 Å². The summed E-state index contributed by atoms with van der Waals surface area (Å²) in [5.41, 5.74) is 0. The first kappa shape index (κ1) is 26.9. The second-order valence-corrected chi connectivity index (χ2v) is 25.4. The highest BCUT2D eigenvalue weighted by Crippen LogP contribution is 2.36. The lowest BCUT2D eigenvalue weighted by atomic mass is 10.9. The fourth-order valence-corrected chi connectivity index (χ4v) is 27.6. The maximum atomic E-state index is 12.0. The molecule has 1 aliphatic rings. The van der Waals surface area contributed by atoms with Crippen LogP contribution in [0.25, 0.3) is 0 Å². The molecule has 0 aromatic heterocycles. The van der Waals surface area contributed by atoms with E-state index in [9.17, 15) is 9.59 Å². The molecule has 9 nitrogen and oxygen atoms in total. The summed E-state index contributed by atoms with van der Waals surface area (Å²) in [6.07, 6.45) is 0. The zero-order valence-electron chi connectivity index (χ0n) is 19.3. The third-order valence-corrected chi connectivity index (χ3v) is 25.1. The van der Waals surface area contributed by atoms with Crippen LogP contribution in [0.4, 0.5) is 0 Å². The summed E-state index contributed by atoms with van der Waals surface area (Å²) in [6, 6.07) is 1.81. The van der Waals surface area contributed by atoms with Crippen LogP contribution < -0.4 is 0 Å². The van der Waals surface area contributed by atoms with Gasteiger partial charge in [-0.25, -0.2) is 0 Å². The summed E-state index contributed by atoms with van der Waals surface area (Å²) < 4.78 is 43.1. The molecule has 1 saturated heterocycles. The van der Waals surface area contributed by atoms with Crippen molar-refractivity contribution in [3.63, 3.8) is 0 Å². The van der Waals surface area contributed by atoms with Crippen LogP contribution in [-0.2, 0) is 39.0 Å². The second-order valence-electron chi connectivity index (χ2n) is 8.10. The zero-order valence-corrected chi connectivity index (χ0v) is 24.3. The van der Waals surface area contributed by atoms with E-state index >= 15 is 0 Å². The van der Waals surface area contributed by atoms with Crippen LogP contribution in [-0.4, -0.2) is 55.2 Å². The molecule has 0 aliphatic carbocycles. The van der Waals surface area contributed by atoms with Crippen LogP contribution in [0.15, 0.2) is 0 Å². The van der Waals surface area contributed by atoms with Crippen molar-refractivity contribution in [1.29, 1.82) is 0 Å². The Morgan fingerprint density at radius 2 is 1.10 bits per heavy atom. The SMILES string of the molecule is CC[Si]1(C)O[Si](C)(C)O[Si](C)(C)O[Si](OC(C)=O)(OC(C)=O)O[Si](CC)(CC)O1. The Morgan fingerprint density at radius 3 is 1.48 bits per heavy atom. The molecule has 1 fully saturated rings. The predicted molar refractivity (Wildman–Crippen MR) is 118 cm³/mol. The summed E-state index contributed by atoms with van der Waals surface area (Å²) >= 11 is 0. The van der Waals surface area contributed by atoms with Gasteiger partial charge in [0.2, 0.25) is 0 Å². The van der Waals surface area contributed by atoms with E-state index < -0.39 is 55.2 Å². The third kappa shape index (κ3) is 7.78. The van der Waals surface area contributed by atoms with Crippen LogP contribution in [0.1, 0.15) is 34.6 Å². The molecule has 0 saturated carbocycles. The van der Waals surface area contributed by atoms with Crippen molar-refractivity contribution in [2.24, 2.45) is 0 Å². The van der Waals surface area contributed by atoms with Gasteiger partial charge in [0, 0.05) is 13.8 Å². The van der Waals surface area contributed by atoms with Gasteiger partial charge in [0.25, 0.3) is 11.9 Å². The fraction of sp³-hybridized carbons (Fsp3) is 0.867. The molecule has 29 heavy (non-hydrogen) atoms. The van der Waals surface area contributed by atoms with Gasteiger partial charge in [0.15, 0.2) is 0 Å². The molecule has 0 bridgehead atoms. The van der Waals surface area contributed by atoms with E-state index in [1.54, 1.807) is 13.1 Å². The minimum Gasteiger partial charge on any atom is -0.443 e. The molecule has 14 heteroatoms. The summed E-state index contributed by atoms with van der Waals surface area (Å²) in [7, 11) is -15.6. The van der Waals surface area contributed by atoms with Gasteiger partial charge in [0.05, 0.1) is 0 Å². The molecule has 0 spiro atoms. The smallest absolute Gasteiger partial charge is 0.443 e. The molecule has 0 radical (unpaired) electrons. The molecule has 170 valence electrons. The Morgan fingerprint density at radius 1 is 0.655 bits per heavy atom. The third-order valence-electron chi connectivity index (χ3n) is 4.29. The average molecular weight is 501 g/mol. The highest BCUT2D eigenvalue weighted by atomic mass is 28.5. The predicted octanol–water partition coefficient (Wildman–Crippen LogP) is 3.62. The van der Waals surface area contributed by atoms with Crippen molar-refractivity contribution in [2.75, 3.05) is 0 Å². The first-order chi connectivity index (χ1) is 13.1. The van der Waals surface area contributed by atoms with Crippen LogP contribution in [0.2, 0.25) is 50.9 Å². The Labute approximate surface area is 179 Å². The summed E-state index contributed by atoms with van der Waals surface area (Å²) in [4.78, 5) is 23.9. The number of carbonyl (C=O) groups is 2. The molecule has 1 aliphatic heterocycles. The van der Waals surface area contributed by atoms with Gasteiger partial charge < -0.3 is 29.4 Å². The monoisotopic (exact) mass is 500 g/mol. The molecular weight excluding hydrogens is 465 g/mol. The normalized spacial score (nSPS) is 28.2. The van der Waals surface area contributed by atoms with Gasteiger partial charge in [-0.2, -0.15) is 0 Å². The van der Waals surface area contributed by atoms with E-state index in [1.807, 2.05) is 40.4 Å². The average Bonchev–Trinajstić information content (AvgIpc) is 2.49. The quantitative estimate of drug-likeness (QED) is 0.524. The molecule has 1 rings (SSSR count). The van der Waals surface area contributed by atoms with Gasteiger partial charge >= 0.3 is 43.3 Å². The lowest BCUT2D eigenvalue weighted by Gasteiger charge is -2.47. The van der Waals surface area contributed by atoms with Gasteiger partial charge in [-0.1, -0.05) is 20.8 Å². The molecular formula is C15H36O9Si5. The first-order valence-corrected chi connectivity index (χ1v) is 22.0. The van der Waals surface area contributed by atoms with Gasteiger partial charge in [0.1, 0.15) is 0 Å². The van der Waals surface area contributed by atoms with Crippen LogP contribution in [0.5, 0.6) is 0 Å². The minimum atomic E-state index is -4.23. The Bertz CT molecular complexity index is 595. The molecule has 1 atom stereocenters. The molecule has 1 unspecified atom stereocenters. The lowest BCUT2D eigenvalue weighted by Crippen LogP contribution is -2.69.